The van der Waals surface area contributed by atoms with E-state index in [9.17, 15) is 9.59 Å². The number of hydrogen-bond donors (Lipinski definition) is 0. The SMILES string of the molecule is C/C=C/[C@H]1CN(C(=O)OC(C)(C)C)C[C@@H]1C(=O)OC. The Morgan fingerprint density at radius 3 is 2.37 bits per heavy atom. The van der Waals surface area contributed by atoms with Gasteiger partial charge in [0.25, 0.3) is 0 Å². The van der Waals surface area contributed by atoms with Crippen molar-refractivity contribution >= 4 is 12.1 Å². The summed E-state index contributed by atoms with van der Waals surface area (Å²) in [5, 5.41) is 0. The summed E-state index contributed by atoms with van der Waals surface area (Å²) in [6, 6.07) is 0. The second-order valence-electron chi connectivity index (χ2n) is 5.70. The highest BCUT2D eigenvalue weighted by atomic mass is 16.6. The quantitative estimate of drug-likeness (QED) is 0.570. The molecular weight excluding hydrogens is 246 g/mol. The van der Waals surface area contributed by atoms with Gasteiger partial charge in [0, 0.05) is 19.0 Å². The van der Waals surface area contributed by atoms with E-state index in [1.807, 2.05) is 39.8 Å². The predicted octanol–water partition coefficient (Wildman–Crippen LogP) is 2.22. The standard InChI is InChI=1S/C14H23NO4/c1-6-7-10-8-15(9-11(10)12(16)18-5)13(17)19-14(2,3)4/h6-7,10-11H,8-9H2,1-5H3/b7-6+/t10-,11-/m0/s1. The van der Waals surface area contributed by atoms with Crippen LogP contribution in [0.2, 0.25) is 0 Å². The molecule has 0 saturated carbocycles. The molecule has 108 valence electrons. The zero-order chi connectivity index (χ0) is 14.6. The van der Waals surface area contributed by atoms with Crippen LogP contribution in [0.25, 0.3) is 0 Å². The van der Waals surface area contributed by atoms with E-state index in [0.29, 0.717) is 13.1 Å². The lowest BCUT2D eigenvalue weighted by Crippen LogP contribution is -2.36. The van der Waals surface area contributed by atoms with Crippen LogP contribution in [0.4, 0.5) is 4.79 Å². The van der Waals surface area contributed by atoms with Gasteiger partial charge in [0.05, 0.1) is 13.0 Å². The molecule has 0 aromatic rings. The molecule has 1 fully saturated rings. The maximum absolute atomic E-state index is 12.0. The molecule has 5 nitrogen and oxygen atoms in total. The molecule has 1 heterocycles. The molecule has 0 aliphatic carbocycles. The van der Waals surface area contributed by atoms with E-state index in [-0.39, 0.29) is 23.9 Å². The summed E-state index contributed by atoms with van der Waals surface area (Å²) in [5.74, 6) is -0.604. The number of ether oxygens (including phenoxy) is 2. The first-order valence-electron chi connectivity index (χ1n) is 6.47. The number of amides is 1. The molecule has 1 aliphatic rings. The van der Waals surface area contributed by atoms with E-state index in [0.717, 1.165) is 0 Å². The van der Waals surface area contributed by atoms with Crippen molar-refractivity contribution in [2.75, 3.05) is 20.2 Å². The van der Waals surface area contributed by atoms with Crippen LogP contribution in [0.1, 0.15) is 27.7 Å². The Morgan fingerprint density at radius 2 is 1.89 bits per heavy atom. The highest BCUT2D eigenvalue weighted by Crippen LogP contribution is 2.27. The molecule has 0 spiro atoms. The van der Waals surface area contributed by atoms with Gasteiger partial charge in [0.15, 0.2) is 0 Å². The molecule has 0 bridgehead atoms. The van der Waals surface area contributed by atoms with Gasteiger partial charge in [-0.15, -0.1) is 0 Å². The molecule has 2 atom stereocenters. The molecule has 1 rings (SSSR count). The summed E-state index contributed by atoms with van der Waals surface area (Å²) in [6.45, 7) is 8.19. The highest BCUT2D eigenvalue weighted by molar-refractivity contribution is 5.76. The number of methoxy groups -OCH3 is 1. The summed E-state index contributed by atoms with van der Waals surface area (Å²) in [7, 11) is 1.37. The Kier molecular flexibility index (Phi) is 4.97. The Balaban J connectivity index is 2.75. The summed E-state index contributed by atoms with van der Waals surface area (Å²) in [4.78, 5) is 25.3. The van der Waals surface area contributed by atoms with Crippen molar-refractivity contribution < 1.29 is 19.1 Å². The fourth-order valence-corrected chi connectivity index (χ4v) is 2.15. The van der Waals surface area contributed by atoms with Crippen molar-refractivity contribution in [3.8, 4) is 0 Å². The van der Waals surface area contributed by atoms with E-state index in [4.69, 9.17) is 9.47 Å². The zero-order valence-electron chi connectivity index (χ0n) is 12.3. The number of allylic oxidation sites excluding steroid dienone is 1. The topological polar surface area (TPSA) is 55.8 Å². The summed E-state index contributed by atoms with van der Waals surface area (Å²) >= 11 is 0. The summed E-state index contributed by atoms with van der Waals surface area (Å²) in [5.41, 5.74) is -0.531. The number of carbonyl (C=O) groups is 2. The molecule has 19 heavy (non-hydrogen) atoms. The third kappa shape index (κ3) is 4.26. The Bertz CT molecular complexity index is 370. The molecular formula is C14H23NO4. The van der Waals surface area contributed by atoms with Gasteiger partial charge in [-0.1, -0.05) is 12.2 Å². The van der Waals surface area contributed by atoms with Gasteiger partial charge in [-0.3, -0.25) is 4.79 Å². The third-order valence-corrected chi connectivity index (χ3v) is 2.96. The van der Waals surface area contributed by atoms with Gasteiger partial charge >= 0.3 is 12.1 Å². The monoisotopic (exact) mass is 269 g/mol. The third-order valence-electron chi connectivity index (χ3n) is 2.96. The molecule has 1 amide bonds. The number of hydrogen-bond acceptors (Lipinski definition) is 4. The van der Waals surface area contributed by atoms with Gasteiger partial charge in [0.2, 0.25) is 0 Å². The zero-order valence-corrected chi connectivity index (χ0v) is 12.3. The Morgan fingerprint density at radius 1 is 1.26 bits per heavy atom. The molecule has 0 aromatic carbocycles. The van der Waals surface area contributed by atoms with Crippen molar-refractivity contribution in [1.29, 1.82) is 0 Å². The minimum absolute atomic E-state index is 0.00929. The van der Waals surface area contributed by atoms with E-state index in [1.54, 1.807) is 4.90 Å². The second kappa shape index (κ2) is 6.08. The first-order valence-corrected chi connectivity index (χ1v) is 6.47. The van der Waals surface area contributed by atoms with Crippen LogP contribution in [0, 0.1) is 11.8 Å². The summed E-state index contributed by atoms with van der Waals surface area (Å²) < 4.78 is 10.1. The van der Waals surface area contributed by atoms with Gasteiger partial charge in [0.1, 0.15) is 5.60 Å². The lowest BCUT2D eigenvalue weighted by Gasteiger charge is -2.24. The smallest absolute Gasteiger partial charge is 0.410 e. The van der Waals surface area contributed by atoms with Crippen molar-refractivity contribution in [1.82, 2.24) is 4.90 Å². The maximum Gasteiger partial charge on any atom is 0.410 e. The minimum atomic E-state index is -0.531. The van der Waals surface area contributed by atoms with E-state index < -0.39 is 5.60 Å². The number of rotatable bonds is 2. The Labute approximate surface area is 114 Å². The van der Waals surface area contributed by atoms with Gasteiger partial charge < -0.3 is 14.4 Å². The molecule has 5 heteroatoms. The first-order chi connectivity index (χ1) is 8.78. The van der Waals surface area contributed by atoms with Crippen molar-refractivity contribution in [3.05, 3.63) is 12.2 Å². The molecule has 0 unspecified atom stereocenters. The van der Waals surface area contributed by atoms with Crippen LogP contribution in [0.3, 0.4) is 0 Å². The lowest BCUT2D eigenvalue weighted by molar-refractivity contribution is -0.145. The minimum Gasteiger partial charge on any atom is -0.469 e. The normalized spacial score (nSPS) is 23.7. The van der Waals surface area contributed by atoms with E-state index in [1.165, 1.54) is 7.11 Å². The fourth-order valence-electron chi connectivity index (χ4n) is 2.15. The van der Waals surface area contributed by atoms with Crippen molar-refractivity contribution in [2.45, 2.75) is 33.3 Å². The fraction of sp³-hybridized carbons (Fsp3) is 0.714. The molecule has 0 radical (unpaired) electrons. The average molecular weight is 269 g/mol. The first kappa shape index (κ1) is 15.5. The predicted molar refractivity (Wildman–Crippen MR) is 71.6 cm³/mol. The van der Waals surface area contributed by atoms with Gasteiger partial charge in [-0.2, -0.15) is 0 Å². The molecule has 0 N–H and O–H groups in total. The number of nitrogens with zero attached hydrogens (tertiary/aromatic N) is 1. The van der Waals surface area contributed by atoms with E-state index >= 15 is 0 Å². The molecule has 1 saturated heterocycles. The highest BCUT2D eigenvalue weighted by Gasteiger charge is 2.40. The maximum atomic E-state index is 12.0. The number of likely N-dealkylation sites (tertiary alicyclic amines) is 1. The van der Waals surface area contributed by atoms with E-state index in [2.05, 4.69) is 0 Å². The van der Waals surface area contributed by atoms with Crippen LogP contribution in [0.5, 0.6) is 0 Å². The van der Waals surface area contributed by atoms with Crippen LogP contribution >= 0.6 is 0 Å². The molecule has 0 aromatic heterocycles. The number of esters is 1. The average Bonchev–Trinajstić information content (AvgIpc) is 2.70. The largest absolute Gasteiger partial charge is 0.469 e. The van der Waals surface area contributed by atoms with Crippen LogP contribution < -0.4 is 0 Å². The second-order valence-corrected chi connectivity index (χ2v) is 5.70. The van der Waals surface area contributed by atoms with Crippen LogP contribution in [0.15, 0.2) is 12.2 Å². The van der Waals surface area contributed by atoms with Crippen molar-refractivity contribution in [3.63, 3.8) is 0 Å². The van der Waals surface area contributed by atoms with Gasteiger partial charge in [-0.25, -0.2) is 4.79 Å². The van der Waals surface area contributed by atoms with Crippen molar-refractivity contribution in [2.24, 2.45) is 11.8 Å². The van der Waals surface area contributed by atoms with Crippen LogP contribution in [-0.2, 0) is 14.3 Å². The van der Waals surface area contributed by atoms with Gasteiger partial charge in [-0.05, 0) is 27.7 Å². The Hall–Kier alpha value is -1.52. The lowest BCUT2D eigenvalue weighted by atomic mass is 9.96. The van der Waals surface area contributed by atoms with Crippen LogP contribution in [-0.4, -0.2) is 42.8 Å². The number of carbonyl (C=O) groups excluding carboxylic acids is 2. The molecule has 1 aliphatic heterocycles. The summed E-state index contributed by atoms with van der Waals surface area (Å²) in [6.07, 6.45) is 3.44.